The van der Waals surface area contributed by atoms with Gasteiger partial charge in [-0.3, -0.25) is 9.69 Å². The molecular formula is C26H28N2O. The van der Waals surface area contributed by atoms with Crippen molar-refractivity contribution < 1.29 is 4.79 Å². The minimum atomic E-state index is 0.182. The van der Waals surface area contributed by atoms with Gasteiger partial charge in [0.05, 0.1) is 0 Å². The molecule has 3 nitrogen and oxygen atoms in total. The molecule has 29 heavy (non-hydrogen) atoms. The average molecular weight is 385 g/mol. The lowest BCUT2D eigenvalue weighted by Gasteiger charge is -2.36. The first-order valence-corrected chi connectivity index (χ1v) is 10.8. The summed E-state index contributed by atoms with van der Waals surface area (Å²) < 4.78 is 0. The van der Waals surface area contributed by atoms with Crippen molar-refractivity contribution in [3.63, 3.8) is 0 Å². The lowest BCUT2D eigenvalue weighted by molar-refractivity contribution is 0.0663. The highest BCUT2D eigenvalue weighted by atomic mass is 16.2. The molecule has 0 atom stereocenters. The summed E-state index contributed by atoms with van der Waals surface area (Å²) in [6, 6.07) is 23.1. The molecule has 2 aliphatic rings. The smallest absolute Gasteiger partial charge is 0.253 e. The zero-order chi connectivity index (χ0) is 19.6. The number of likely N-dealkylation sites (tertiary alicyclic amines) is 1. The lowest BCUT2D eigenvalue weighted by Crippen LogP contribution is -2.42. The molecule has 0 aliphatic carbocycles. The van der Waals surface area contributed by atoms with Gasteiger partial charge in [0.15, 0.2) is 0 Å². The number of rotatable bonds is 3. The van der Waals surface area contributed by atoms with Crippen LogP contribution in [0.25, 0.3) is 10.8 Å². The van der Waals surface area contributed by atoms with Crippen LogP contribution in [-0.4, -0.2) is 41.9 Å². The van der Waals surface area contributed by atoms with Gasteiger partial charge < -0.3 is 4.90 Å². The van der Waals surface area contributed by atoms with E-state index in [0.29, 0.717) is 5.92 Å². The van der Waals surface area contributed by atoms with Gasteiger partial charge in [-0.15, -0.1) is 0 Å². The molecule has 1 saturated heterocycles. The first-order chi connectivity index (χ1) is 14.3. The molecule has 3 heteroatoms. The molecule has 0 unspecified atom stereocenters. The third-order valence-electron chi connectivity index (χ3n) is 6.62. The van der Waals surface area contributed by atoms with Gasteiger partial charge in [0.2, 0.25) is 0 Å². The summed E-state index contributed by atoms with van der Waals surface area (Å²) in [6.45, 7) is 5.15. The van der Waals surface area contributed by atoms with Crippen LogP contribution in [0.3, 0.4) is 0 Å². The quantitative estimate of drug-likeness (QED) is 0.651. The van der Waals surface area contributed by atoms with Crippen molar-refractivity contribution in [2.45, 2.75) is 25.8 Å². The number of benzene rings is 3. The molecule has 0 saturated carbocycles. The maximum absolute atomic E-state index is 13.0. The highest BCUT2D eigenvalue weighted by Crippen LogP contribution is 2.25. The molecule has 2 aliphatic heterocycles. The van der Waals surface area contributed by atoms with E-state index >= 15 is 0 Å². The van der Waals surface area contributed by atoms with Crippen LogP contribution in [0.1, 0.15) is 34.3 Å². The number of fused-ring (bicyclic) bond motifs is 2. The zero-order valence-corrected chi connectivity index (χ0v) is 16.9. The van der Waals surface area contributed by atoms with Crippen molar-refractivity contribution in [3.05, 3.63) is 83.4 Å². The lowest BCUT2D eigenvalue weighted by atomic mass is 9.93. The van der Waals surface area contributed by atoms with Gasteiger partial charge in [-0.2, -0.15) is 0 Å². The Morgan fingerprint density at radius 1 is 0.828 bits per heavy atom. The van der Waals surface area contributed by atoms with E-state index in [0.717, 1.165) is 62.9 Å². The molecule has 1 amide bonds. The van der Waals surface area contributed by atoms with E-state index in [1.54, 1.807) is 0 Å². The van der Waals surface area contributed by atoms with Crippen LogP contribution >= 0.6 is 0 Å². The predicted octanol–water partition coefficient (Wildman–Crippen LogP) is 4.75. The first-order valence-electron chi connectivity index (χ1n) is 10.8. The third-order valence-corrected chi connectivity index (χ3v) is 6.62. The number of hydrogen-bond donors (Lipinski definition) is 0. The first kappa shape index (κ1) is 18.4. The monoisotopic (exact) mass is 384 g/mol. The molecule has 2 heterocycles. The van der Waals surface area contributed by atoms with Gasteiger partial charge in [0, 0.05) is 38.3 Å². The molecule has 0 spiro atoms. The van der Waals surface area contributed by atoms with E-state index in [2.05, 4.69) is 47.4 Å². The summed E-state index contributed by atoms with van der Waals surface area (Å²) >= 11 is 0. The molecule has 0 radical (unpaired) electrons. The molecule has 3 aromatic rings. The Hall–Kier alpha value is -2.65. The molecule has 148 valence electrons. The largest absolute Gasteiger partial charge is 0.339 e. The van der Waals surface area contributed by atoms with E-state index < -0.39 is 0 Å². The second-order valence-corrected chi connectivity index (χ2v) is 8.55. The third kappa shape index (κ3) is 3.92. The van der Waals surface area contributed by atoms with Gasteiger partial charge >= 0.3 is 0 Å². The van der Waals surface area contributed by atoms with Crippen molar-refractivity contribution in [3.8, 4) is 0 Å². The van der Waals surface area contributed by atoms with Gasteiger partial charge in [0.1, 0.15) is 0 Å². The van der Waals surface area contributed by atoms with Crippen LogP contribution in [0.2, 0.25) is 0 Å². The highest BCUT2D eigenvalue weighted by molar-refractivity contribution is 5.98. The van der Waals surface area contributed by atoms with Crippen molar-refractivity contribution in [2.24, 2.45) is 5.92 Å². The number of amides is 1. The van der Waals surface area contributed by atoms with E-state index in [1.165, 1.54) is 16.5 Å². The average Bonchev–Trinajstić information content (AvgIpc) is 2.79. The van der Waals surface area contributed by atoms with E-state index in [-0.39, 0.29) is 5.91 Å². The molecule has 3 aromatic carbocycles. The van der Waals surface area contributed by atoms with Crippen LogP contribution < -0.4 is 0 Å². The number of piperidine rings is 1. The summed E-state index contributed by atoms with van der Waals surface area (Å²) in [7, 11) is 0. The Bertz CT molecular complexity index is 1020. The SMILES string of the molecule is O=C(c1ccc2ccccc2c1)N1CCC(CN2CCc3ccccc3C2)CC1. The molecular weight excluding hydrogens is 356 g/mol. The van der Waals surface area contributed by atoms with Crippen molar-refractivity contribution in [1.29, 1.82) is 0 Å². The maximum Gasteiger partial charge on any atom is 0.253 e. The number of carbonyl (C=O) groups is 1. The highest BCUT2D eigenvalue weighted by Gasteiger charge is 2.26. The van der Waals surface area contributed by atoms with Crippen molar-refractivity contribution in [1.82, 2.24) is 9.80 Å². The normalized spacial score (nSPS) is 18.0. The molecule has 5 rings (SSSR count). The fourth-order valence-corrected chi connectivity index (χ4v) is 4.90. The Labute approximate surface area is 172 Å². The summed E-state index contributed by atoms with van der Waals surface area (Å²) in [4.78, 5) is 17.6. The Balaban J connectivity index is 1.17. The van der Waals surface area contributed by atoms with E-state index in [1.807, 2.05) is 29.2 Å². The van der Waals surface area contributed by atoms with Gasteiger partial charge in [-0.1, -0.05) is 54.6 Å². The standard InChI is InChI=1S/C26H28N2O/c29-26(24-10-9-21-5-1-3-7-23(21)17-24)28-15-11-20(12-16-28)18-27-14-13-22-6-2-4-8-25(22)19-27/h1-10,17,20H,11-16,18-19H2. The summed E-state index contributed by atoms with van der Waals surface area (Å²) in [5.41, 5.74) is 3.82. The number of carbonyl (C=O) groups excluding carboxylic acids is 1. The summed E-state index contributed by atoms with van der Waals surface area (Å²) in [6.07, 6.45) is 3.38. The Kier molecular flexibility index (Phi) is 5.07. The van der Waals surface area contributed by atoms with Crippen LogP contribution in [0, 0.1) is 5.92 Å². The van der Waals surface area contributed by atoms with Crippen molar-refractivity contribution >= 4 is 16.7 Å². The predicted molar refractivity (Wildman–Crippen MR) is 118 cm³/mol. The second-order valence-electron chi connectivity index (χ2n) is 8.55. The summed E-state index contributed by atoms with van der Waals surface area (Å²) in [5.74, 6) is 0.877. The molecule has 0 bridgehead atoms. The van der Waals surface area contributed by atoms with E-state index in [9.17, 15) is 4.79 Å². The maximum atomic E-state index is 13.0. The minimum absolute atomic E-state index is 0.182. The number of nitrogens with zero attached hydrogens (tertiary/aromatic N) is 2. The van der Waals surface area contributed by atoms with Crippen LogP contribution in [-0.2, 0) is 13.0 Å². The molecule has 1 fully saturated rings. The zero-order valence-electron chi connectivity index (χ0n) is 16.9. The van der Waals surface area contributed by atoms with Crippen LogP contribution in [0.15, 0.2) is 66.7 Å². The fourth-order valence-electron chi connectivity index (χ4n) is 4.90. The minimum Gasteiger partial charge on any atom is -0.339 e. The topological polar surface area (TPSA) is 23.6 Å². The van der Waals surface area contributed by atoms with Crippen LogP contribution in [0.5, 0.6) is 0 Å². The molecule has 0 N–H and O–H groups in total. The van der Waals surface area contributed by atoms with Gasteiger partial charge in [-0.25, -0.2) is 0 Å². The van der Waals surface area contributed by atoms with E-state index in [4.69, 9.17) is 0 Å². The van der Waals surface area contributed by atoms with Crippen molar-refractivity contribution in [2.75, 3.05) is 26.2 Å². The van der Waals surface area contributed by atoms with Crippen LogP contribution in [0.4, 0.5) is 0 Å². The second kappa shape index (κ2) is 8.00. The molecule has 0 aromatic heterocycles. The van der Waals surface area contributed by atoms with Gasteiger partial charge in [0.25, 0.3) is 5.91 Å². The summed E-state index contributed by atoms with van der Waals surface area (Å²) in [5, 5.41) is 2.32. The Morgan fingerprint density at radius 2 is 1.55 bits per heavy atom. The number of hydrogen-bond acceptors (Lipinski definition) is 2. The Morgan fingerprint density at radius 3 is 2.38 bits per heavy atom. The fraction of sp³-hybridized carbons (Fsp3) is 0.346. The van der Waals surface area contributed by atoms with Gasteiger partial charge in [-0.05, 0) is 59.2 Å².